The van der Waals surface area contributed by atoms with Gasteiger partial charge < -0.3 is 20.7 Å². The number of hydrogen-bond acceptors (Lipinski definition) is 7. The summed E-state index contributed by atoms with van der Waals surface area (Å²) in [7, 11) is 2.13. The van der Waals surface area contributed by atoms with E-state index >= 15 is 4.39 Å². The number of anilines is 3. The minimum atomic E-state index is -1.04. The van der Waals surface area contributed by atoms with E-state index in [1.165, 1.54) is 0 Å². The number of carbonyl (C=O) groups is 1. The number of rotatable bonds is 4. The highest BCUT2D eigenvalue weighted by Gasteiger charge is 2.44. The van der Waals surface area contributed by atoms with Crippen LogP contribution in [0.5, 0.6) is 5.75 Å². The second-order valence-corrected chi connectivity index (χ2v) is 12.1. The quantitative estimate of drug-likeness (QED) is 0.623. The zero-order valence-electron chi connectivity index (χ0n) is 22.9. The summed E-state index contributed by atoms with van der Waals surface area (Å²) < 4.78 is 21.9. The molecule has 2 aromatic rings. The summed E-state index contributed by atoms with van der Waals surface area (Å²) in [5.74, 6) is -0.109. The third-order valence-electron chi connectivity index (χ3n) is 7.63. The fourth-order valence-corrected chi connectivity index (χ4v) is 5.59. The van der Waals surface area contributed by atoms with Gasteiger partial charge >= 0.3 is 0 Å². The molecule has 0 bridgehead atoms. The molecule has 3 N–H and O–H groups in total. The van der Waals surface area contributed by atoms with Crippen LogP contribution in [0.15, 0.2) is 18.2 Å². The van der Waals surface area contributed by atoms with Crippen LogP contribution in [-0.4, -0.2) is 56.6 Å². The van der Waals surface area contributed by atoms with E-state index in [0.717, 1.165) is 12.8 Å². The van der Waals surface area contributed by atoms with Crippen LogP contribution >= 0.6 is 0 Å². The first-order chi connectivity index (χ1) is 16.5. The lowest BCUT2D eigenvalue weighted by atomic mass is 9.77. The number of fused-ring (bicyclic) bond motifs is 1. The van der Waals surface area contributed by atoms with Gasteiger partial charge in [-0.05, 0) is 87.4 Å². The van der Waals surface area contributed by atoms with Gasteiger partial charge in [-0.15, -0.1) is 0 Å². The van der Waals surface area contributed by atoms with E-state index in [2.05, 4.69) is 54.9 Å². The van der Waals surface area contributed by atoms with Gasteiger partial charge in [0.2, 0.25) is 5.95 Å². The first kappa shape index (κ1) is 26.1. The third kappa shape index (κ3) is 4.49. The Labute approximate surface area is 213 Å². The van der Waals surface area contributed by atoms with Crippen molar-refractivity contribution in [1.82, 2.24) is 14.9 Å². The first-order valence-corrected chi connectivity index (χ1v) is 12.5. The number of amides is 1. The Kier molecular flexibility index (Phi) is 6.22. The lowest BCUT2D eigenvalue weighted by molar-refractivity contribution is -0.133. The zero-order chi connectivity index (χ0) is 26.8. The second kappa shape index (κ2) is 8.57. The number of hydrogen-bond donors (Lipinski definition) is 2. The number of likely N-dealkylation sites (tertiary alicyclic amines) is 1. The summed E-state index contributed by atoms with van der Waals surface area (Å²) in [6, 6.07) is 5.18. The van der Waals surface area contributed by atoms with Gasteiger partial charge in [0.15, 0.2) is 17.2 Å². The van der Waals surface area contributed by atoms with Gasteiger partial charge in [0.1, 0.15) is 11.4 Å². The summed E-state index contributed by atoms with van der Waals surface area (Å²) in [4.78, 5) is 25.5. The van der Waals surface area contributed by atoms with Crippen molar-refractivity contribution >= 4 is 23.4 Å². The predicted octanol–water partition coefficient (Wildman–Crippen LogP) is 4.84. The molecule has 0 aliphatic carbocycles. The minimum absolute atomic E-state index is 0.0149. The monoisotopic (exact) mass is 498 g/mol. The van der Waals surface area contributed by atoms with Crippen molar-refractivity contribution in [3.63, 3.8) is 0 Å². The lowest BCUT2D eigenvalue weighted by Crippen LogP contribution is -2.61. The van der Waals surface area contributed by atoms with Crippen molar-refractivity contribution in [2.24, 2.45) is 0 Å². The lowest BCUT2D eigenvalue weighted by Gasteiger charge is -2.53. The van der Waals surface area contributed by atoms with Gasteiger partial charge in [0.25, 0.3) is 5.91 Å². The summed E-state index contributed by atoms with van der Waals surface area (Å²) in [6.45, 7) is 16.1. The number of nitrogens with zero attached hydrogens (tertiary/aromatic N) is 4. The molecular weight excluding hydrogens is 459 g/mol. The van der Waals surface area contributed by atoms with Crippen molar-refractivity contribution in [3.8, 4) is 17.0 Å². The van der Waals surface area contributed by atoms with Gasteiger partial charge in [-0.2, -0.15) is 4.98 Å². The molecule has 1 aromatic carbocycles. The Balaban J connectivity index is 1.71. The maximum atomic E-state index is 15.8. The van der Waals surface area contributed by atoms with Crippen LogP contribution in [0.1, 0.15) is 68.2 Å². The van der Waals surface area contributed by atoms with Crippen LogP contribution < -0.4 is 20.7 Å². The molecule has 4 rings (SSSR count). The van der Waals surface area contributed by atoms with E-state index in [1.54, 1.807) is 36.9 Å². The standard InChI is InChI=1S/C27H39FN6O2/c1-15(2)34-18-11-10-16(12-19(18)36-27(7,8)23(34)35)21-20(28)22(32-24(29)31-21)30-17-13-25(3,4)33(9)26(5,6)14-17/h10-12,15,17H,13-14H2,1-9H3,(H3,29,30,31,32). The van der Waals surface area contributed by atoms with Crippen molar-refractivity contribution in [2.45, 2.75) is 97.0 Å². The van der Waals surface area contributed by atoms with E-state index in [9.17, 15) is 4.79 Å². The SMILES string of the molecule is CC(C)N1C(=O)C(C)(C)Oc2cc(-c3nc(N)nc(NC4CC(C)(C)N(C)C(C)(C)C4)c3F)ccc21. The largest absolute Gasteiger partial charge is 0.476 e. The van der Waals surface area contributed by atoms with Gasteiger partial charge in [0, 0.05) is 28.7 Å². The van der Waals surface area contributed by atoms with Gasteiger partial charge in [-0.3, -0.25) is 9.69 Å². The highest BCUT2D eigenvalue weighted by atomic mass is 19.1. The molecule has 36 heavy (non-hydrogen) atoms. The summed E-state index contributed by atoms with van der Waals surface area (Å²) in [6.07, 6.45) is 1.65. The van der Waals surface area contributed by atoms with Crippen LogP contribution in [0.25, 0.3) is 11.3 Å². The Hall–Kier alpha value is -2.94. The van der Waals surface area contributed by atoms with E-state index < -0.39 is 11.4 Å². The average molecular weight is 499 g/mol. The summed E-state index contributed by atoms with van der Waals surface area (Å²) >= 11 is 0. The zero-order valence-corrected chi connectivity index (χ0v) is 22.9. The molecule has 0 atom stereocenters. The number of benzene rings is 1. The Bertz CT molecular complexity index is 1180. The van der Waals surface area contributed by atoms with E-state index in [4.69, 9.17) is 10.5 Å². The topological polar surface area (TPSA) is 96.6 Å². The van der Waals surface area contributed by atoms with Crippen LogP contribution in [0.3, 0.4) is 0 Å². The minimum Gasteiger partial charge on any atom is -0.476 e. The normalized spacial score (nSPS) is 21.3. The van der Waals surface area contributed by atoms with E-state index in [0.29, 0.717) is 17.0 Å². The molecule has 1 fully saturated rings. The van der Waals surface area contributed by atoms with Gasteiger partial charge in [-0.25, -0.2) is 9.37 Å². The average Bonchev–Trinajstić information content (AvgIpc) is 2.74. The fourth-order valence-electron chi connectivity index (χ4n) is 5.59. The number of nitrogens with one attached hydrogen (secondary N) is 1. The molecular formula is C27H39FN6O2. The van der Waals surface area contributed by atoms with E-state index in [-0.39, 0.29) is 46.5 Å². The maximum Gasteiger partial charge on any atom is 0.270 e. The van der Waals surface area contributed by atoms with Crippen molar-refractivity contribution < 1.29 is 13.9 Å². The van der Waals surface area contributed by atoms with Crippen LogP contribution in [-0.2, 0) is 4.79 Å². The summed E-state index contributed by atoms with van der Waals surface area (Å²) in [5, 5.41) is 3.32. The number of piperidine rings is 1. The molecule has 196 valence electrons. The molecule has 3 heterocycles. The van der Waals surface area contributed by atoms with E-state index in [1.807, 2.05) is 13.8 Å². The second-order valence-electron chi connectivity index (χ2n) is 12.1. The maximum absolute atomic E-state index is 15.8. The number of aromatic nitrogens is 2. The first-order valence-electron chi connectivity index (χ1n) is 12.5. The number of ether oxygens (including phenoxy) is 1. The molecule has 0 saturated carbocycles. The van der Waals surface area contributed by atoms with Crippen LogP contribution in [0.2, 0.25) is 0 Å². The van der Waals surface area contributed by atoms with Crippen molar-refractivity contribution in [1.29, 1.82) is 0 Å². The molecule has 0 radical (unpaired) electrons. The summed E-state index contributed by atoms with van der Waals surface area (Å²) in [5.41, 5.74) is 6.10. The molecule has 8 nitrogen and oxygen atoms in total. The Morgan fingerprint density at radius 2 is 1.72 bits per heavy atom. The fraction of sp³-hybridized carbons (Fsp3) is 0.593. The number of nitrogens with two attached hydrogens (primary N) is 1. The Morgan fingerprint density at radius 1 is 1.11 bits per heavy atom. The molecule has 0 unspecified atom stereocenters. The molecule has 1 aromatic heterocycles. The third-order valence-corrected chi connectivity index (χ3v) is 7.63. The van der Waals surface area contributed by atoms with Crippen LogP contribution in [0, 0.1) is 5.82 Å². The molecule has 1 saturated heterocycles. The van der Waals surface area contributed by atoms with Crippen molar-refractivity contribution in [2.75, 3.05) is 23.0 Å². The molecule has 9 heteroatoms. The molecule has 2 aliphatic heterocycles. The Morgan fingerprint density at radius 3 is 2.31 bits per heavy atom. The molecule has 0 spiro atoms. The number of nitrogen functional groups attached to an aromatic ring is 1. The molecule has 1 amide bonds. The predicted molar refractivity (Wildman–Crippen MR) is 142 cm³/mol. The van der Waals surface area contributed by atoms with Crippen molar-refractivity contribution in [3.05, 3.63) is 24.0 Å². The number of halogens is 1. The molecule has 2 aliphatic rings. The number of carbonyl (C=O) groups excluding carboxylic acids is 1. The highest BCUT2D eigenvalue weighted by molar-refractivity contribution is 6.03. The van der Waals surface area contributed by atoms with Gasteiger partial charge in [-0.1, -0.05) is 6.07 Å². The smallest absolute Gasteiger partial charge is 0.270 e. The van der Waals surface area contributed by atoms with Gasteiger partial charge in [0.05, 0.1) is 5.69 Å². The van der Waals surface area contributed by atoms with Crippen LogP contribution in [0.4, 0.5) is 21.8 Å². The highest BCUT2D eigenvalue weighted by Crippen LogP contribution is 2.42.